The molecule has 0 N–H and O–H groups in total. The van der Waals surface area contributed by atoms with Gasteiger partial charge in [-0.05, 0) is 23.6 Å². The Labute approximate surface area is 155 Å². The summed E-state index contributed by atoms with van der Waals surface area (Å²) in [4.78, 5) is 16.9. The van der Waals surface area contributed by atoms with Gasteiger partial charge >= 0.3 is 6.03 Å². The molecule has 1 aromatic carbocycles. The number of hydrogen-bond acceptors (Lipinski definition) is 3. The molecule has 0 radical (unpaired) electrons. The molecule has 1 aliphatic heterocycles. The largest absolute Gasteiger partial charge is 0.375 e. The van der Waals surface area contributed by atoms with Gasteiger partial charge in [0.15, 0.2) is 0 Å². The van der Waals surface area contributed by atoms with E-state index in [-0.39, 0.29) is 24.2 Å². The van der Waals surface area contributed by atoms with Gasteiger partial charge in [0, 0.05) is 19.3 Å². The number of carbonyl (C=O) groups is 1. The van der Waals surface area contributed by atoms with Crippen LogP contribution in [0.1, 0.15) is 19.4 Å². The molecule has 0 spiro atoms. The summed E-state index contributed by atoms with van der Waals surface area (Å²) >= 11 is 0. The molecule has 138 valence electrons. The third-order valence-electron chi connectivity index (χ3n) is 4.80. The van der Waals surface area contributed by atoms with Gasteiger partial charge in [0.25, 0.3) is 0 Å². The molecule has 3 atom stereocenters. The molecule has 3 rings (SSSR count). The molecule has 5 heteroatoms. The minimum absolute atomic E-state index is 0.00487. The van der Waals surface area contributed by atoms with Crippen molar-refractivity contribution in [1.29, 1.82) is 0 Å². The van der Waals surface area contributed by atoms with Gasteiger partial charge < -0.3 is 14.4 Å². The van der Waals surface area contributed by atoms with E-state index in [9.17, 15) is 4.79 Å². The lowest BCUT2D eigenvalue weighted by Crippen LogP contribution is -2.44. The standard InChI is InChI=1S/C21H26N2O3/c1-5-12-26-14-16-6-8-17(9-7-16)23-18-10-11-19(25-4)20(18)22(21(23)24)13-15(2)3/h1,6-11,15,18-20H,12-14H2,2-4H3/t18-,19-,20-/m1/s1. The molecule has 1 heterocycles. The van der Waals surface area contributed by atoms with Crippen molar-refractivity contribution >= 4 is 11.7 Å². The quantitative estimate of drug-likeness (QED) is 0.429. The van der Waals surface area contributed by atoms with E-state index in [2.05, 4.69) is 31.9 Å². The summed E-state index contributed by atoms with van der Waals surface area (Å²) in [5, 5.41) is 0. The highest BCUT2D eigenvalue weighted by molar-refractivity contribution is 5.96. The zero-order valence-corrected chi connectivity index (χ0v) is 15.6. The fraction of sp³-hybridized carbons (Fsp3) is 0.476. The van der Waals surface area contributed by atoms with Crippen LogP contribution in [-0.4, -0.2) is 49.4 Å². The van der Waals surface area contributed by atoms with Crippen LogP contribution in [0.4, 0.5) is 10.5 Å². The maximum absolute atomic E-state index is 13.1. The van der Waals surface area contributed by atoms with Crippen LogP contribution in [0.25, 0.3) is 0 Å². The second-order valence-electron chi connectivity index (χ2n) is 7.13. The number of hydrogen-bond donors (Lipinski definition) is 0. The SMILES string of the molecule is C#CCOCc1ccc(N2C(=O)N(CC(C)C)[C@@H]3[C@H]2C=C[C@H]3OC)cc1. The van der Waals surface area contributed by atoms with Crippen molar-refractivity contribution < 1.29 is 14.3 Å². The van der Waals surface area contributed by atoms with Gasteiger partial charge in [0.05, 0.1) is 24.8 Å². The fourth-order valence-corrected chi connectivity index (χ4v) is 3.71. The number of ether oxygens (including phenoxy) is 2. The van der Waals surface area contributed by atoms with Gasteiger partial charge in [-0.25, -0.2) is 4.79 Å². The van der Waals surface area contributed by atoms with Crippen LogP contribution in [0, 0.1) is 18.3 Å². The molecule has 5 nitrogen and oxygen atoms in total. The lowest BCUT2D eigenvalue weighted by molar-refractivity contribution is 0.0738. The monoisotopic (exact) mass is 354 g/mol. The average molecular weight is 354 g/mol. The summed E-state index contributed by atoms with van der Waals surface area (Å²) in [7, 11) is 1.70. The first-order chi connectivity index (χ1) is 12.6. The smallest absolute Gasteiger partial charge is 0.325 e. The number of terminal acetylenes is 1. The van der Waals surface area contributed by atoms with E-state index in [1.807, 2.05) is 34.1 Å². The van der Waals surface area contributed by atoms with Gasteiger partial charge in [-0.2, -0.15) is 0 Å². The summed E-state index contributed by atoms with van der Waals surface area (Å²) in [5.41, 5.74) is 1.92. The molecule has 1 aliphatic carbocycles. The van der Waals surface area contributed by atoms with Crippen LogP contribution in [0.5, 0.6) is 0 Å². The summed E-state index contributed by atoms with van der Waals surface area (Å²) in [6.07, 6.45) is 9.27. The lowest BCUT2D eigenvalue weighted by Gasteiger charge is -2.28. The normalized spacial score (nSPS) is 24.4. The van der Waals surface area contributed by atoms with Gasteiger partial charge in [0.2, 0.25) is 0 Å². The number of carbonyl (C=O) groups excluding carboxylic acids is 1. The highest BCUT2D eigenvalue weighted by Gasteiger charge is 2.51. The van der Waals surface area contributed by atoms with E-state index in [0.717, 1.165) is 17.8 Å². The molecule has 0 bridgehead atoms. The third-order valence-corrected chi connectivity index (χ3v) is 4.80. The Balaban J connectivity index is 1.82. The molecular weight excluding hydrogens is 328 g/mol. The second-order valence-corrected chi connectivity index (χ2v) is 7.13. The number of benzene rings is 1. The van der Waals surface area contributed by atoms with Crippen LogP contribution in [0.15, 0.2) is 36.4 Å². The van der Waals surface area contributed by atoms with Gasteiger partial charge in [-0.15, -0.1) is 6.42 Å². The Morgan fingerprint density at radius 2 is 1.96 bits per heavy atom. The summed E-state index contributed by atoms with van der Waals surface area (Å²) in [6, 6.07) is 7.95. The fourth-order valence-electron chi connectivity index (χ4n) is 3.71. The van der Waals surface area contributed by atoms with Crippen LogP contribution in [0.3, 0.4) is 0 Å². The third kappa shape index (κ3) is 3.48. The molecule has 2 aliphatic rings. The van der Waals surface area contributed by atoms with E-state index in [4.69, 9.17) is 15.9 Å². The van der Waals surface area contributed by atoms with Crippen molar-refractivity contribution in [3.63, 3.8) is 0 Å². The van der Waals surface area contributed by atoms with E-state index in [1.54, 1.807) is 7.11 Å². The van der Waals surface area contributed by atoms with Gasteiger partial charge in [0.1, 0.15) is 6.61 Å². The summed E-state index contributed by atoms with van der Waals surface area (Å²) in [5.74, 6) is 2.85. The maximum Gasteiger partial charge on any atom is 0.325 e. The summed E-state index contributed by atoms with van der Waals surface area (Å²) < 4.78 is 11.0. The Morgan fingerprint density at radius 1 is 1.23 bits per heavy atom. The molecule has 1 aromatic rings. The van der Waals surface area contributed by atoms with Crippen LogP contribution < -0.4 is 4.90 Å². The highest BCUT2D eigenvalue weighted by atomic mass is 16.5. The summed E-state index contributed by atoms with van der Waals surface area (Å²) in [6.45, 7) is 5.73. The van der Waals surface area contributed by atoms with Crippen molar-refractivity contribution in [2.45, 2.75) is 38.6 Å². The molecule has 26 heavy (non-hydrogen) atoms. The van der Waals surface area contributed by atoms with E-state index < -0.39 is 0 Å². The Kier molecular flexibility index (Phi) is 5.65. The van der Waals surface area contributed by atoms with Crippen molar-refractivity contribution in [3.8, 4) is 12.3 Å². The number of rotatable bonds is 7. The first kappa shape index (κ1) is 18.5. The Bertz CT molecular complexity index is 705. The van der Waals surface area contributed by atoms with E-state index in [0.29, 0.717) is 19.1 Å². The predicted molar refractivity (Wildman–Crippen MR) is 102 cm³/mol. The molecular formula is C21H26N2O3. The zero-order valence-electron chi connectivity index (χ0n) is 15.6. The number of nitrogens with zero attached hydrogens (tertiary/aromatic N) is 2. The molecule has 0 aromatic heterocycles. The zero-order chi connectivity index (χ0) is 18.7. The van der Waals surface area contributed by atoms with Gasteiger partial charge in [-0.3, -0.25) is 4.90 Å². The molecule has 1 saturated heterocycles. The number of urea groups is 1. The Hall–Kier alpha value is -2.29. The topological polar surface area (TPSA) is 42.0 Å². The highest BCUT2D eigenvalue weighted by Crippen LogP contribution is 2.36. The van der Waals surface area contributed by atoms with Crippen LogP contribution in [0.2, 0.25) is 0 Å². The molecule has 0 saturated carbocycles. The van der Waals surface area contributed by atoms with Crippen LogP contribution >= 0.6 is 0 Å². The van der Waals surface area contributed by atoms with Crippen molar-refractivity contribution in [2.24, 2.45) is 5.92 Å². The number of fused-ring (bicyclic) bond motifs is 1. The molecule has 1 fully saturated rings. The van der Waals surface area contributed by atoms with E-state index >= 15 is 0 Å². The van der Waals surface area contributed by atoms with E-state index in [1.165, 1.54) is 0 Å². The minimum atomic E-state index is -0.0656. The Morgan fingerprint density at radius 3 is 2.58 bits per heavy atom. The average Bonchev–Trinajstić information content (AvgIpc) is 3.15. The van der Waals surface area contributed by atoms with Crippen LogP contribution in [-0.2, 0) is 16.1 Å². The van der Waals surface area contributed by atoms with Crippen molar-refractivity contribution in [3.05, 3.63) is 42.0 Å². The number of amides is 2. The minimum Gasteiger partial charge on any atom is -0.375 e. The van der Waals surface area contributed by atoms with Crippen molar-refractivity contribution in [1.82, 2.24) is 4.90 Å². The molecule has 2 amide bonds. The first-order valence-corrected chi connectivity index (χ1v) is 8.98. The predicted octanol–water partition coefficient (Wildman–Crippen LogP) is 3.06. The number of anilines is 1. The second kappa shape index (κ2) is 7.94. The maximum atomic E-state index is 13.1. The van der Waals surface area contributed by atoms with Crippen molar-refractivity contribution in [2.75, 3.05) is 25.2 Å². The molecule has 0 unspecified atom stereocenters. The van der Waals surface area contributed by atoms with Gasteiger partial charge in [-0.1, -0.05) is 44.1 Å². The number of methoxy groups -OCH3 is 1. The first-order valence-electron chi connectivity index (χ1n) is 8.98. The lowest BCUT2D eigenvalue weighted by atomic mass is 10.1.